The van der Waals surface area contributed by atoms with E-state index >= 15 is 0 Å². The van der Waals surface area contributed by atoms with Crippen molar-refractivity contribution >= 4 is 13.5 Å². The fraction of sp³-hybridized carbons (Fsp3) is 0.200. The lowest BCUT2D eigenvalue weighted by molar-refractivity contribution is -0.114. The van der Waals surface area contributed by atoms with E-state index in [9.17, 15) is 4.79 Å². The van der Waals surface area contributed by atoms with E-state index < -0.39 is 18.9 Å². The summed E-state index contributed by atoms with van der Waals surface area (Å²) in [6, 6.07) is 4.22. The van der Waals surface area contributed by atoms with Gasteiger partial charge in [0.2, 0.25) is 5.41 Å². The molecule has 0 spiro atoms. The van der Waals surface area contributed by atoms with Crippen molar-refractivity contribution in [2.24, 2.45) is 5.41 Å². The second-order valence-electron chi connectivity index (χ2n) is 1.19. The Bertz CT molecular complexity index is 241. The highest BCUT2D eigenvalue weighted by atomic mass is 16.1. The van der Waals surface area contributed by atoms with Gasteiger partial charge in [-0.3, -0.25) is 0 Å². The number of rotatable bonds is 1. The molecule has 0 saturated carbocycles. The minimum atomic E-state index is -1.99. The molecule has 0 rings (SSSR count). The number of hydrogen-bond donors (Lipinski definition) is 0. The zero-order valence-electron chi connectivity index (χ0n) is 4.25. The first-order valence-corrected chi connectivity index (χ1v) is 1.87. The number of hydrogen-bond acceptors (Lipinski definition) is 4. The fourth-order valence-corrected chi connectivity index (χ4v) is 0.143. The lowest BCUT2D eigenvalue weighted by atomic mass is 9.78. The number of nitrogens with zero attached hydrogens (tertiary/aromatic N) is 3. The molecule has 0 atom stereocenters. The molecule has 0 aromatic carbocycles. The summed E-state index contributed by atoms with van der Waals surface area (Å²) < 4.78 is 0. The molecule has 0 N–H and O–H groups in total. The van der Waals surface area contributed by atoms with Crippen molar-refractivity contribution in [3.8, 4) is 18.2 Å². The summed E-state index contributed by atoms with van der Waals surface area (Å²) in [6.45, 7) is 0. The van der Waals surface area contributed by atoms with E-state index in [0.29, 0.717) is 0 Å². The van der Waals surface area contributed by atoms with Gasteiger partial charge in [-0.05, 0) is 0 Å². The van der Waals surface area contributed by atoms with Crippen LogP contribution in [-0.4, -0.2) is 13.5 Å². The van der Waals surface area contributed by atoms with Crippen LogP contribution in [0, 0.1) is 39.4 Å². The maximum absolute atomic E-state index is 10.6. The number of carbonyl (C=O) groups is 1. The zero-order valence-corrected chi connectivity index (χ0v) is 4.25. The molecule has 0 aliphatic heterocycles. The molecule has 5 heteroatoms. The fourth-order valence-electron chi connectivity index (χ4n) is 0.143. The van der Waals surface area contributed by atoms with E-state index in [1.54, 1.807) is 0 Å². The molecule has 0 aliphatic carbocycles. The van der Waals surface area contributed by atoms with Crippen LogP contribution in [0.1, 0.15) is 0 Å². The molecule has 48 valence electrons. The molecule has 0 fully saturated rings. The topological polar surface area (TPSA) is 88.4 Å². The van der Waals surface area contributed by atoms with Crippen LogP contribution in [0.25, 0.3) is 0 Å². The Morgan fingerprint density at radius 3 is 1.50 bits per heavy atom. The normalized spacial score (nSPS) is 8.60. The van der Waals surface area contributed by atoms with Gasteiger partial charge in [0.05, 0.1) is 0 Å². The highest BCUT2D eigenvalue weighted by molar-refractivity contribution is 6.60. The highest BCUT2D eigenvalue weighted by Gasteiger charge is 2.30. The average Bonchev–Trinajstić information content (AvgIpc) is 1.92. The Morgan fingerprint density at radius 2 is 1.50 bits per heavy atom. The van der Waals surface area contributed by atoms with Crippen molar-refractivity contribution in [1.82, 2.24) is 0 Å². The van der Waals surface area contributed by atoms with Crippen molar-refractivity contribution in [2.45, 2.75) is 0 Å². The second kappa shape index (κ2) is 2.66. The Hall–Kier alpha value is -1.80. The van der Waals surface area contributed by atoms with Crippen LogP contribution in [0.15, 0.2) is 0 Å². The SMILES string of the molecule is [BH3-]C(=O)C(C#N)(C#N)C#N. The predicted octanol–water partition coefficient (Wildman–Crippen LogP) is -1.56. The quantitative estimate of drug-likeness (QED) is 0.403. The first kappa shape index (κ1) is 8.20. The van der Waals surface area contributed by atoms with Gasteiger partial charge in [0.1, 0.15) is 18.2 Å². The standard InChI is InChI=1S/C5H3BN3O/c6-4(10)5(1-7,2-8)3-9/h6H3/q-1. The molecule has 0 radical (unpaired) electrons. The molecule has 0 unspecified atom stereocenters. The maximum Gasteiger partial charge on any atom is 0.248 e. The van der Waals surface area contributed by atoms with Gasteiger partial charge in [0.15, 0.2) is 0 Å². The second-order valence-corrected chi connectivity index (χ2v) is 1.19. The van der Waals surface area contributed by atoms with Gasteiger partial charge in [0, 0.05) is 13.5 Å². The van der Waals surface area contributed by atoms with Gasteiger partial charge in [-0.25, -0.2) is 0 Å². The Morgan fingerprint density at radius 1 is 1.20 bits per heavy atom. The van der Waals surface area contributed by atoms with Gasteiger partial charge < -0.3 is 4.79 Å². The lowest BCUT2D eigenvalue weighted by Crippen LogP contribution is -2.25. The summed E-state index contributed by atoms with van der Waals surface area (Å²) in [5, 5.41) is 24.8. The lowest BCUT2D eigenvalue weighted by Gasteiger charge is -2.05. The third-order valence-corrected chi connectivity index (χ3v) is 0.656. The van der Waals surface area contributed by atoms with Crippen LogP contribution >= 0.6 is 0 Å². The van der Waals surface area contributed by atoms with Crippen molar-refractivity contribution in [2.75, 3.05) is 0 Å². The van der Waals surface area contributed by atoms with Gasteiger partial charge in [-0.1, -0.05) is 0 Å². The summed E-state index contributed by atoms with van der Waals surface area (Å²) in [6.07, 6.45) is 0. The van der Waals surface area contributed by atoms with Crippen LogP contribution < -0.4 is 0 Å². The molecule has 0 aromatic rings. The molecule has 0 amide bonds. The molecule has 0 aliphatic rings. The molecule has 0 bridgehead atoms. The molecule has 0 aromatic heterocycles. The van der Waals surface area contributed by atoms with E-state index in [0.717, 1.165) is 0 Å². The Labute approximate surface area is 58.7 Å². The maximum atomic E-state index is 10.6. The minimum Gasteiger partial charge on any atom is -0.344 e. The summed E-state index contributed by atoms with van der Waals surface area (Å²) >= 11 is 0. The molecule has 0 heterocycles. The highest BCUT2D eigenvalue weighted by Crippen LogP contribution is 2.11. The van der Waals surface area contributed by atoms with Crippen LogP contribution in [0.2, 0.25) is 0 Å². The number of nitriles is 3. The third kappa shape index (κ3) is 0.964. The number of carbonyl (C=O) groups excluding carboxylic acids is 1. The van der Waals surface area contributed by atoms with Crippen LogP contribution in [0.4, 0.5) is 0 Å². The largest absolute Gasteiger partial charge is 0.344 e. The summed E-state index contributed by atoms with van der Waals surface area (Å²) in [7, 11) is -0.742. The van der Waals surface area contributed by atoms with E-state index in [1.165, 1.54) is 18.2 Å². The van der Waals surface area contributed by atoms with Crippen LogP contribution in [0.5, 0.6) is 0 Å². The van der Waals surface area contributed by atoms with E-state index in [2.05, 4.69) is 0 Å². The molecule has 4 nitrogen and oxygen atoms in total. The van der Waals surface area contributed by atoms with Crippen molar-refractivity contribution in [1.29, 1.82) is 15.8 Å². The average molecular weight is 132 g/mol. The van der Waals surface area contributed by atoms with E-state index in [4.69, 9.17) is 15.8 Å². The zero-order chi connectivity index (χ0) is 8.20. The smallest absolute Gasteiger partial charge is 0.248 e. The van der Waals surface area contributed by atoms with E-state index in [-0.39, 0.29) is 0 Å². The molecule has 0 saturated heterocycles. The van der Waals surface area contributed by atoms with E-state index in [1.807, 2.05) is 0 Å². The van der Waals surface area contributed by atoms with Crippen molar-refractivity contribution < 1.29 is 4.79 Å². The van der Waals surface area contributed by atoms with Gasteiger partial charge >= 0.3 is 0 Å². The first-order valence-electron chi connectivity index (χ1n) is 1.87. The van der Waals surface area contributed by atoms with Crippen molar-refractivity contribution in [3.05, 3.63) is 0 Å². The molecular formula is C5H3BN3O-. The minimum absolute atomic E-state index is 0.486. The Kier molecular flexibility index (Phi) is 2.19. The van der Waals surface area contributed by atoms with Gasteiger partial charge in [-0.15, -0.1) is 0 Å². The Balaban J connectivity index is 5.00. The monoisotopic (exact) mass is 132 g/mol. The molecule has 10 heavy (non-hydrogen) atoms. The van der Waals surface area contributed by atoms with Crippen molar-refractivity contribution in [3.63, 3.8) is 0 Å². The summed E-state index contributed by atoms with van der Waals surface area (Å²) in [4.78, 5) is 10.6. The first-order chi connectivity index (χ1) is 4.63. The third-order valence-electron chi connectivity index (χ3n) is 0.656. The summed E-state index contributed by atoms with van der Waals surface area (Å²) in [5.41, 5.74) is -2.47. The summed E-state index contributed by atoms with van der Waals surface area (Å²) in [5.74, 6) is 0. The predicted molar refractivity (Wildman–Crippen MR) is 34.2 cm³/mol. The van der Waals surface area contributed by atoms with Crippen LogP contribution in [0.3, 0.4) is 0 Å². The molecular weight excluding hydrogens is 129 g/mol. The van der Waals surface area contributed by atoms with Crippen LogP contribution in [-0.2, 0) is 4.79 Å². The van der Waals surface area contributed by atoms with Gasteiger partial charge in [-0.2, -0.15) is 15.8 Å². The van der Waals surface area contributed by atoms with Gasteiger partial charge in [0.25, 0.3) is 0 Å².